The van der Waals surface area contributed by atoms with E-state index in [9.17, 15) is 5.11 Å². The van der Waals surface area contributed by atoms with Crippen molar-refractivity contribution < 1.29 is 5.11 Å². The summed E-state index contributed by atoms with van der Waals surface area (Å²) in [5, 5.41) is 9.41. The monoisotopic (exact) mass is 294 g/mol. The Kier molecular flexibility index (Phi) is 7.21. The number of aliphatic hydroxyl groups is 1. The highest BCUT2D eigenvalue weighted by Crippen LogP contribution is 2.27. The second kappa shape index (κ2) is 8.92. The molecule has 0 radical (unpaired) electrons. The van der Waals surface area contributed by atoms with Crippen LogP contribution in [0.25, 0.3) is 0 Å². The molecule has 2 rings (SSSR count). The Balaban J connectivity index is 1.87. The molecular formula is C18H34N2O. The molecule has 1 heterocycles. The third-order valence-corrected chi connectivity index (χ3v) is 5.00. The van der Waals surface area contributed by atoms with E-state index in [0.29, 0.717) is 18.6 Å². The molecule has 1 saturated heterocycles. The van der Waals surface area contributed by atoms with Crippen LogP contribution >= 0.6 is 0 Å². The summed E-state index contributed by atoms with van der Waals surface area (Å²) in [5.74, 6) is 0.641. The molecule has 21 heavy (non-hydrogen) atoms. The zero-order valence-corrected chi connectivity index (χ0v) is 14.0. The molecule has 1 aliphatic heterocycles. The Labute approximate surface area is 131 Å². The van der Waals surface area contributed by atoms with Crippen LogP contribution in [0.1, 0.15) is 52.4 Å². The highest BCUT2D eigenvalue weighted by Gasteiger charge is 2.31. The first-order chi connectivity index (χ1) is 10.2. The molecule has 1 atom stereocenters. The molecule has 2 fully saturated rings. The van der Waals surface area contributed by atoms with Crippen molar-refractivity contribution in [2.24, 2.45) is 5.92 Å². The van der Waals surface area contributed by atoms with E-state index in [0.717, 1.165) is 25.6 Å². The number of hydrogen-bond donors (Lipinski definition) is 1. The number of rotatable bonds is 6. The van der Waals surface area contributed by atoms with Crippen LogP contribution in [-0.4, -0.2) is 59.8 Å². The van der Waals surface area contributed by atoms with Gasteiger partial charge in [0.2, 0.25) is 0 Å². The highest BCUT2D eigenvalue weighted by atomic mass is 16.3. The van der Waals surface area contributed by atoms with Crippen LogP contribution in [-0.2, 0) is 0 Å². The van der Waals surface area contributed by atoms with E-state index in [1.807, 2.05) is 0 Å². The van der Waals surface area contributed by atoms with Gasteiger partial charge in [-0.2, -0.15) is 0 Å². The molecular weight excluding hydrogens is 260 g/mol. The van der Waals surface area contributed by atoms with Crippen molar-refractivity contribution in [3.63, 3.8) is 0 Å². The van der Waals surface area contributed by atoms with E-state index < -0.39 is 0 Å². The lowest BCUT2D eigenvalue weighted by Crippen LogP contribution is -2.57. The Hall–Kier alpha value is -0.380. The van der Waals surface area contributed by atoms with Crippen LogP contribution in [0.15, 0.2) is 12.2 Å². The summed E-state index contributed by atoms with van der Waals surface area (Å²) in [4.78, 5) is 5.27. The second-order valence-electron chi connectivity index (χ2n) is 7.13. The summed E-state index contributed by atoms with van der Waals surface area (Å²) < 4.78 is 0. The van der Waals surface area contributed by atoms with Gasteiger partial charge < -0.3 is 5.11 Å². The fraction of sp³-hybridized carbons (Fsp3) is 0.889. The fourth-order valence-electron chi connectivity index (χ4n) is 3.88. The van der Waals surface area contributed by atoms with Crippen molar-refractivity contribution in [1.82, 2.24) is 9.80 Å². The predicted octanol–water partition coefficient (Wildman–Crippen LogP) is 2.90. The van der Waals surface area contributed by atoms with Crippen LogP contribution in [0.4, 0.5) is 0 Å². The summed E-state index contributed by atoms with van der Waals surface area (Å²) in [6.07, 6.45) is 12.5. The van der Waals surface area contributed by atoms with Gasteiger partial charge in [-0.1, -0.05) is 45.3 Å². The number of hydrogen-bond acceptors (Lipinski definition) is 3. The van der Waals surface area contributed by atoms with Crippen LogP contribution in [0.3, 0.4) is 0 Å². The summed E-state index contributed by atoms with van der Waals surface area (Å²) >= 11 is 0. The molecule has 2 aliphatic rings. The first-order valence-electron chi connectivity index (χ1n) is 8.96. The zero-order chi connectivity index (χ0) is 15.1. The molecule has 1 aliphatic carbocycles. The highest BCUT2D eigenvalue weighted by molar-refractivity contribution is 4.92. The normalized spacial score (nSPS) is 27.0. The second-order valence-corrected chi connectivity index (χ2v) is 7.13. The van der Waals surface area contributed by atoms with Gasteiger partial charge in [0.1, 0.15) is 0 Å². The molecule has 0 amide bonds. The smallest absolute Gasteiger partial charge is 0.0446 e. The average Bonchev–Trinajstić information content (AvgIpc) is 2.48. The topological polar surface area (TPSA) is 26.7 Å². The van der Waals surface area contributed by atoms with Crippen LogP contribution in [0, 0.1) is 5.92 Å². The van der Waals surface area contributed by atoms with Crippen molar-refractivity contribution in [1.29, 1.82) is 0 Å². The Morgan fingerprint density at radius 2 is 1.90 bits per heavy atom. The molecule has 0 aromatic carbocycles. The first-order valence-corrected chi connectivity index (χ1v) is 8.96. The van der Waals surface area contributed by atoms with Gasteiger partial charge in [0, 0.05) is 44.9 Å². The Morgan fingerprint density at radius 1 is 1.14 bits per heavy atom. The molecule has 3 heteroatoms. The van der Waals surface area contributed by atoms with Crippen molar-refractivity contribution in [2.75, 3.05) is 32.8 Å². The van der Waals surface area contributed by atoms with Crippen molar-refractivity contribution in [3.05, 3.63) is 12.2 Å². The van der Waals surface area contributed by atoms with E-state index in [-0.39, 0.29) is 0 Å². The zero-order valence-electron chi connectivity index (χ0n) is 14.0. The predicted molar refractivity (Wildman–Crippen MR) is 89.5 cm³/mol. The molecule has 3 nitrogen and oxygen atoms in total. The largest absolute Gasteiger partial charge is 0.396 e. The molecule has 122 valence electrons. The summed E-state index contributed by atoms with van der Waals surface area (Å²) in [5.41, 5.74) is 0. The van der Waals surface area contributed by atoms with Gasteiger partial charge in [0.15, 0.2) is 0 Å². The number of piperazine rings is 1. The van der Waals surface area contributed by atoms with Gasteiger partial charge >= 0.3 is 0 Å². The van der Waals surface area contributed by atoms with Gasteiger partial charge in [-0.05, 0) is 25.2 Å². The quantitative estimate of drug-likeness (QED) is 0.763. The van der Waals surface area contributed by atoms with E-state index in [1.165, 1.54) is 45.2 Å². The lowest BCUT2D eigenvalue weighted by Gasteiger charge is -2.46. The maximum atomic E-state index is 9.41. The minimum absolute atomic E-state index is 0.323. The van der Waals surface area contributed by atoms with Crippen molar-refractivity contribution in [3.8, 4) is 0 Å². The lowest BCUT2D eigenvalue weighted by atomic mass is 9.92. The van der Waals surface area contributed by atoms with Gasteiger partial charge in [0.05, 0.1) is 0 Å². The molecule has 0 unspecified atom stereocenters. The minimum atomic E-state index is 0.323. The van der Waals surface area contributed by atoms with E-state index in [1.54, 1.807) is 0 Å². The summed E-state index contributed by atoms with van der Waals surface area (Å²) in [6.45, 7) is 9.34. The maximum absolute atomic E-state index is 9.41. The van der Waals surface area contributed by atoms with Crippen LogP contribution < -0.4 is 0 Å². The fourth-order valence-corrected chi connectivity index (χ4v) is 3.88. The Morgan fingerprint density at radius 3 is 2.57 bits per heavy atom. The third kappa shape index (κ3) is 5.39. The number of nitrogens with zero attached hydrogens (tertiary/aromatic N) is 2. The van der Waals surface area contributed by atoms with Gasteiger partial charge in [0.25, 0.3) is 0 Å². The maximum Gasteiger partial charge on any atom is 0.0446 e. The van der Waals surface area contributed by atoms with E-state index in [2.05, 4.69) is 35.8 Å². The molecule has 0 aromatic heterocycles. The van der Waals surface area contributed by atoms with Gasteiger partial charge in [-0.25, -0.2) is 0 Å². The molecule has 1 N–H and O–H groups in total. The standard InChI is InChI=1S/C18H34N2O/c1-16(2)7-6-11-19-12-13-20(18(15-19)10-14-21)17-8-4-3-5-9-17/h6-7,16-18,21H,3-5,8-15H2,1-2H3/b7-6+/t18-/m1/s1. The number of allylic oxidation sites excluding steroid dienone is 1. The van der Waals surface area contributed by atoms with E-state index in [4.69, 9.17) is 0 Å². The van der Waals surface area contributed by atoms with Gasteiger partial charge in [-0.3, -0.25) is 9.80 Å². The first kappa shape index (κ1) is 17.0. The van der Waals surface area contributed by atoms with Crippen LogP contribution in [0.5, 0.6) is 0 Å². The van der Waals surface area contributed by atoms with Gasteiger partial charge in [-0.15, -0.1) is 0 Å². The summed E-state index contributed by atoms with van der Waals surface area (Å²) in [7, 11) is 0. The molecule has 0 spiro atoms. The SMILES string of the molecule is CC(C)/C=C/CN1CCN(C2CCCCC2)[C@H](CCO)C1. The summed E-state index contributed by atoms with van der Waals surface area (Å²) in [6, 6.07) is 1.34. The molecule has 0 bridgehead atoms. The van der Waals surface area contributed by atoms with Crippen molar-refractivity contribution >= 4 is 0 Å². The third-order valence-electron chi connectivity index (χ3n) is 5.00. The molecule has 1 saturated carbocycles. The van der Waals surface area contributed by atoms with Crippen molar-refractivity contribution in [2.45, 2.75) is 64.5 Å². The average molecular weight is 294 g/mol. The minimum Gasteiger partial charge on any atom is -0.396 e. The number of aliphatic hydroxyl groups excluding tert-OH is 1. The lowest BCUT2D eigenvalue weighted by molar-refractivity contribution is 0.0206. The Bertz CT molecular complexity index is 310. The molecule has 0 aromatic rings. The van der Waals surface area contributed by atoms with Crippen LogP contribution in [0.2, 0.25) is 0 Å². The van der Waals surface area contributed by atoms with E-state index >= 15 is 0 Å².